The summed E-state index contributed by atoms with van der Waals surface area (Å²) in [5.74, 6) is 0.224. The normalized spacial score (nSPS) is 22.4. The Morgan fingerprint density at radius 1 is 1.19 bits per heavy atom. The second-order valence-corrected chi connectivity index (χ2v) is 9.94. The highest BCUT2D eigenvalue weighted by Gasteiger charge is 2.37. The van der Waals surface area contributed by atoms with Gasteiger partial charge in [0.1, 0.15) is 12.4 Å². The molecule has 2 atom stereocenters. The van der Waals surface area contributed by atoms with E-state index in [4.69, 9.17) is 21.1 Å². The monoisotopic (exact) mass is 511 g/mol. The molecule has 2 unspecified atom stereocenters. The van der Waals surface area contributed by atoms with E-state index in [2.05, 4.69) is 16.3 Å². The lowest BCUT2D eigenvalue weighted by Crippen LogP contribution is -2.52. The highest BCUT2D eigenvalue weighted by molar-refractivity contribution is 6.31. The summed E-state index contributed by atoms with van der Waals surface area (Å²) in [7, 11) is 0. The van der Waals surface area contributed by atoms with E-state index in [1.807, 2.05) is 35.2 Å². The van der Waals surface area contributed by atoms with Crippen LogP contribution in [0.25, 0.3) is 0 Å². The van der Waals surface area contributed by atoms with Gasteiger partial charge in [-0.05, 0) is 42.2 Å². The molecule has 0 aromatic heterocycles. The molecule has 5 rings (SSSR count). The van der Waals surface area contributed by atoms with Gasteiger partial charge in [0.2, 0.25) is 5.78 Å². The molecule has 2 aromatic rings. The molecule has 0 aliphatic carbocycles. The van der Waals surface area contributed by atoms with Crippen molar-refractivity contribution in [3.05, 3.63) is 63.7 Å². The van der Waals surface area contributed by atoms with Gasteiger partial charge in [-0.3, -0.25) is 19.3 Å². The summed E-state index contributed by atoms with van der Waals surface area (Å²) < 4.78 is 11.6. The number of hydrogen-bond donors (Lipinski definition) is 1. The zero-order valence-corrected chi connectivity index (χ0v) is 20.8. The van der Waals surface area contributed by atoms with E-state index in [1.54, 1.807) is 0 Å². The van der Waals surface area contributed by atoms with Crippen LogP contribution < -0.4 is 10.1 Å². The standard InChI is InChI=1S/C27H30ClN3O5/c28-23-12-18(4-5-19(23)14-30-8-10-35-11-9-30)17-36-26-3-1-2-21-22(26)15-31(27(21)34)20-6-7-24(29-13-20)25(33)16-32/h1-5,12,16,20,24,29H,6-11,13-15,17H2. The molecule has 8 nitrogen and oxygen atoms in total. The van der Waals surface area contributed by atoms with Crippen molar-refractivity contribution in [2.75, 3.05) is 32.8 Å². The lowest BCUT2D eigenvalue weighted by molar-refractivity contribution is -0.131. The number of nitrogens with one attached hydrogen (secondary N) is 1. The Morgan fingerprint density at radius 2 is 2.03 bits per heavy atom. The first-order chi connectivity index (χ1) is 17.5. The number of rotatable bonds is 8. The van der Waals surface area contributed by atoms with Crippen LogP contribution in [0.4, 0.5) is 0 Å². The number of nitrogens with zero attached hydrogens (tertiary/aromatic N) is 2. The maximum Gasteiger partial charge on any atom is 0.254 e. The molecule has 3 heterocycles. The SMILES string of the molecule is O=CC(=O)C1CCC(N2Cc3c(OCc4ccc(CN5CCOCC5)c(Cl)c4)cccc3C2=O)CN1. The highest BCUT2D eigenvalue weighted by atomic mass is 35.5. The van der Waals surface area contributed by atoms with Gasteiger partial charge in [0, 0.05) is 48.4 Å². The zero-order valence-electron chi connectivity index (χ0n) is 20.1. The highest BCUT2D eigenvalue weighted by Crippen LogP contribution is 2.34. The van der Waals surface area contributed by atoms with Gasteiger partial charge in [-0.15, -0.1) is 0 Å². The minimum atomic E-state index is -0.454. The van der Waals surface area contributed by atoms with Crippen molar-refractivity contribution in [3.63, 3.8) is 0 Å². The van der Waals surface area contributed by atoms with Crippen molar-refractivity contribution in [2.24, 2.45) is 0 Å². The largest absolute Gasteiger partial charge is 0.489 e. The Hall–Kier alpha value is -2.78. The number of fused-ring (bicyclic) bond motifs is 1. The van der Waals surface area contributed by atoms with Crippen LogP contribution in [0.5, 0.6) is 5.75 Å². The number of hydrogen-bond acceptors (Lipinski definition) is 7. The van der Waals surface area contributed by atoms with E-state index >= 15 is 0 Å². The molecule has 2 fully saturated rings. The summed E-state index contributed by atoms with van der Waals surface area (Å²) in [5, 5.41) is 3.83. The lowest BCUT2D eigenvalue weighted by atomic mass is 9.97. The number of benzene rings is 2. The van der Waals surface area contributed by atoms with E-state index in [0.29, 0.717) is 50.1 Å². The molecule has 1 N–H and O–H groups in total. The molecule has 0 bridgehead atoms. The second-order valence-electron chi connectivity index (χ2n) is 9.53. The van der Waals surface area contributed by atoms with Crippen molar-refractivity contribution in [3.8, 4) is 5.75 Å². The minimum absolute atomic E-state index is 0.0297. The average molecular weight is 512 g/mol. The minimum Gasteiger partial charge on any atom is -0.489 e. The van der Waals surface area contributed by atoms with Crippen molar-refractivity contribution in [2.45, 2.75) is 44.6 Å². The number of aldehydes is 1. The fourth-order valence-corrected chi connectivity index (χ4v) is 5.42. The molecular weight excluding hydrogens is 482 g/mol. The molecule has 190 valence electrons. The van der Waals surface area contributed by atoms with E-state index in [1.165, 1.54) is 0 Å². The number of carbonyl (C=O) groups is 3. The molecule has 0 saturated carbocycles. The van der Waals surface area contributed by atoms with Crippen LogP contribution in [0.15, 0.2) is 36.4 Å². The first-order valence-corrected chi connectivity index (χ1v) is 12.8. The summed E-state index contributed by atoms with van der Waals surface area (Å²) in [6, 6.07) is 11.1. The van der Waals surface area contributed by atoms with Gasteiger partial charge >= 0.3 is 0 Å². The smallest absolute Gasteiger partial charge is 0.254 e. The fourth-order valence-electron chi connectivity index (χ4n) is 5.16. The number of ether oxygens (including phenoxy) is 2. The van der Waals surface area contributed by atoms with Crippen molar-refractivity contribution < 1.29 is 23.9 Å². The number of morpholine rings is 1. The Kier molecular flexibility index (Phi) is 7.67. The number of amides is 1. The molecule has 36 heavy (non-hydrogen) atoms. The van der Waals surface area contributed by atoms with E-state index < -0.39 is 11.8 Å². The molecule has 2 saturated heterocycles. The van der Waals surface area contributed by atoms with Gasteiger partial charge in [-0.25, -0.2) is 0 Å². The number of piperidine rings is 1. The molecule has 1 amide bonds. The molecular formula is C27H30ClN3O5. The van der Waals surface area contributed by atoms with Crippen LogP contribution in [-0.2, 0) is 34.0 Å². The first-order valence-electron chi connectivity index (χ1n) is 12.4. The molecule has 2 aromatic carbocycles. The predicted molar refractivity (Wildman–Crippen MR) is 134 cm³/mol. The van der Waals surface area contributed by atoms with Crippen LogP contribution >= 0.6 is 11.6 Å². The third-order valence-corrected chi connectivity index (χ3v) is 7.60. The Labute approximate surface area is 215 Å². The Bertz CT molecular complexity index is 1140. The maximum absolute atomic E-state index is 13.1. The summed E-state index contributed by atoms with van der Waals surface area (Å²) in [5.41, 5.74) is 3.58. The Morgan fingerprint density at radius 3 is 2.75 bits per heavy atom. The van der Waals surface area contributed by atoms with Gasteiger partial charge in [-0.1, -0.05) is 29.8 Å². The van der Waals surface area contributed by atoms with Crippen molar-refractivity contribution >= 4 is 29.6 Å². The number of Topliss-reactive ketones (excluding diaryl/α,β-unsaturated/α-hetero) is 1. The van der Waals surface area contributed by atoms with Crippen LogP contribution in [0.2, 0.25) is 5.02 Å². The third-order valence-electron chi connectivity index (χ3n) is 7.25. The number of halogens is 1. The number of ketones is 1. The van der Waals surface area contributed by atoms with Gasteiger partial charge in [0.05, 0.1) is 25.8 Å². The van der Waals surface area contributed by atoms with Crippen molar-refractivity contribution in [1.82, 2.24) is 15.1 Å². The van der Waals surface area contributed by atoms with Crippen LogP contribution in [0.1, 0.15) is 39.9 Å². The fraction of sp³-hybridized carbons (Fsp3) is 0.444. The topological polar surface area (TPSA) is 88.2 Å². The second kappa shape index (κ2) is 11.1. The van der Waals surface area contributed by atoms with Crippen molar-refractivity contribution in [1.29, 1.82) is 0 Å². The van der Waals surface area contributed by atoms with Crippen LogP contribution in [-0.4, -0.2) is 72.7 Å². The molecule has 0 radical (unpaired) electrons. The van der Waals surface area contributed by atoms with Gasteiger partial charge in [0.15, 0.2) is 6.29 Å². The average Bonchev–Trinajstić information content (AvgIpc) is 3.26. The summed E-state index contributed by atoms with van der Waals surface area (Å²) in [6.45, 7) is 5.41. The number of carbonyl (C=O) groups excluding carboxylic acids is 3. The van der Waals surface area contributed by atoms with Gasteiger partial charge < -0.3 is 19.7 Å². The molecule has 3 aliphatic rings. The summed E-state index contributed by atoms with van der Waals surface area (Å²) in [4.78, 5) is 39.7. The molecule has 0 spiro atoms. The summed E-state index contributed by atoms with van der Waals surface area (Å²) in [6.07, 6.45) is 1.57. The van der Waals surface area contributed by atoms with Crippen LogP contribution in [0, 0.1) is 0 Å². The quantitative estimate of drug-likeness (QED) is 0.430. The van der Waals surface area contributed by atoms with Crippen LogP contribution in [0.3, 0.4) is 0 Å². The van der Waals surface area contributed by atoms with E-state index in [-0.39, 0.29) is 11.9 Å². The van der Waals surface area contributed by atoms with Gasteiger partial charge in [-0.2, -0.15) is 0 Å². The zero-order chi connectivity index (χ0) is 25.1. The molecule has 9 heteroatoms. The Balaban J connectivity index is 1.21. The van der Waals surface area contributed by atoms with E-state index in [9.17, 15) is 14.4 Å². The predicted octanol–water partition coefficient (Wildman–Crippen LogP) is 2.60. The first kappa shape index (κ1) is 24.9. The van der Waals surface area contributed by atoms with Gasteiger partial charge in [0.25, 0.3) is 5.91 Å². The molecule has 3 aliphatic heterocycles. The summed E-state index contributed by atoms with van der Waals surface area (Å²) >= 11 is 6.58. The lowest BCUT2D eigenvalue weighted by Gasteiger charge is -2.34. The maximum atomic E-state index is 13.1. The third kappa shape index (κ3) is 5.32. The van der Waals surface area contributed by atoms with E-state index in [0.717, 1.165) is 54.6 Å².